The van der Waals surface area contributed by atoms with Gasteiger partial charge in [-0.3, -0.25) is 0 Å². The topological polar surface area (TPSA) is 60.2 Å². The van der Waals surface area contributed by atoms with Gasteiger partial charge in [-0.05, 0) is 25.5 Å². The molecule has 1 saturated heterocycles. The molecule has 19 heavy (non-hydrogen) atoms. The second-order valence-corrected chi connectivity index (χ2v) is 4.78. The Labute approximate surface area is 112 Å². The van der Waals surface area contributed by atoms with E-state index in [9.17, 15) is 0 Å². The van der Waals surface area contributed by atoms with Gasteiger partial charge in [-0.25, -0.2) is 9.97 Å². The van der Waals surface area contributed by atoms with Crippen molar-refractivity contribution >= 4 is 0 Å². The maximum atomic E-state index is 5.76. The van der Waals surface area contributed by atoms with Crippen LogP contribution in [0.25, 0.3) is 11.3 Å². The van der Waals surface area contributed by atoms with Crippen molar-refractivity contribution < 1.29 is 9.15 Å². The Bertz CT molecular complexity index is 507. The van der Waals surface area contributed by atoms with Crippen LogP contribution >= 0.6 is 0 Å². The van der Waals surface area contributed by atoms with Crippen LogP contribution in [0.15, 0.2) is 35.4 Å². The quantitative estimate of drug-likeness (QED) is 0.911. The molecule has 0 amide bonds. The van der Waals surface area contributed by atoms with Crippen LogP contribution in [0.3, 0.4) is 0 Å². The highest BCUT2D eigenvalue weighted by atomic mass is 16.5. The van der Waals surface area contributed by atoms with Gasteiger partial charge in [0.15, 0.2) is 0 Å². The molecule has 2 aromatic heterocycles. The van der Waals surface area contributed by atoms with Crippen LogP contribution in [0.4, 0.5) is 0 Å². The van der Waals surface area contributed by atoms with E-state index in [0.29, 0.717) is 18.4 Å². The van der Waals surface area contributed by atoms with E-state index in [1.807, 2.05) is 12.1 Å². The molecule has 100 valence electrons. The van der Waals surface area contributed by atoms with Crippen molar-refractivity contribution in [3.63, 3.8) is 0 Å². The van der Waals surface area contributed by atoms with Gasteiger partial charge in [0.25, 0.3) is 0 Å². The second-order valence-electron chi connectivity index (χ2n) is 4.78. The van der Waals surface area contributed by atoms with Gasteiger partial charge in [-0.1, -0.05) is 0 Å². The average molecular weight is 259 g/mol. The van der Waals surface area contributed by atoms with E-state index in [1.165, 1.54) is 19.2 Å². The van der Waals surface area contributed by atoms with Gasteiger partial charge >= 0.3 is 0 Å². The van der Waals surface area contributed by atoms with Crippen LogP contribution in [0.5, 0.6) is 5.88 Å². The van der Waals surface area contributed by atoms with E-state index in [1.54, 1.807) is 12.5 Å². The SMILES string of the molecule is c1nc(OCC2CCCNC2)cc(-c2ccoc2)n1. The number of furan rings is 1. The van der Waals surface area contributed by atoms with E-state index in [-0.39, 0.29) is 0 Å². The zero-order valence-corrected chi connectivity index (χ0v) is 10.7. The summed E-state index contributed by atoms with van der Waals surface area (Å²) in [5, 5.41) is 3.38. The Balaban J connectivity index is 1.63. The lowest BCUT2D eigenvalue weighted by Crippen LogP contribution is -2.33. The van der Waals surface area contributed by atoms with Crippen molar-refractivity contribution in [2.75, 3.05) is 19.7 Å². The molecule has 1 aliphatic heterocycles. The van der Waals surface area contributed by atoms with Gasteiger partial charge in [0.05, 0.1) is 24.8 Å². The van der Waals surface area contributed by atoms with E-state index in [0.717, 1.165) is 24.3 Å². The number of ether oxygens (including phenoxy) is 1. The van der Waals surface area contributed by atoms with Crippen molar-refractivity contribution in [1.29, 1.82) is 0 Å². The molecule has 1 atom stereocenters. The van der Waals surface area contributed by atoms with E-state index in [2.05, 4.69) is 15.3 Å². The summed E-state index contributed by atoms with van der Waals surface area (Å²) in [4.78, 5) is 8.36. The first-order valence-electron chi connectivity index (χ1n) is 6.60. The minimum Gasteiger partial charge on any atom is -0.477 e. The fourth-order valence-electron chi connectivity index (χ4n) is 2.26. The Kier molecular flexibility index (Phi) is 3.74. The van der Waals surface area contributed by atoms with Gasteiger partial charge in [0, 0.05) is 24.1 Å². The van der Waals surface area contributed by atoms with Crippen LogP contribution < -0.4 is 10.1 Å². The standard InChI is InChI=1S/C14H17N3O2/c1-2-11(7-15-4-1)8-19-14-6-13(16-10-17-14)12-3-5-18-9-12/h3,5-6,9-11,15H,1-2,4,7-8H2. The number of nitrogens with zero attached hydrogens (tertiary/aromatic N) is 2. The fraction of sp³-hybridized carbons (Fsp3) is 0.429. The predicted molar refractivity (Wildman–Crippen MR) is 70.8 cm³/mol. The first-order chi connectivity index (χ1) is 9.42. The molecular formula is C14H17N3O2. The minimum atomic E-state index is 0.570. The lowest BCUT2D eigenvalue weighted by Gasteiger charge is -2.22. The van der Waals surface area contributed by atoms with Crippen molar-refractivity contribution in [2.45, 2.75) is 12.8 Å². The Morgan fingerprint density at radius 2 is 2.42 bits per heavy atom. The number of piperidine rings is 1. The highest BCUT2D eigenvalue weighted by Gasteiger charge is 2.14. The summed E-state index contributed by atoms with van der Waals surface area (Å²) in [6, 6.07) is 3.72. The van der Waals surface area contributed by atoms with Crippen LogP contribution in [-0.4, -0.2) is 29.7 Å². The molecular weight excluding hydrogens is 242 g/mol. The van der Waals surface area contributed by atoms with Crippen molar-refractivity contribution in [3.05, 3.63) is 31.0 Å². The van der Waals surface area contributed by atoms with Gasteiger partial charge in [-0.2, -0.15) is 0 Å². The van der Waals surface area contributed by atoms with Gasteiger partial charge < -0.3 is 14.5 Å². The van der Waals surface area contributed by atoms with E-state index < -0.39 is 0 Å². The van der Waals surface area contributed by atoms with Crippen molar-refractivity contribution in [2.24, 2.45) is 5.92 Å². The lowest BCUT2D eigenvalue weighted by molar-refractivity contribution is 0.212. The Hall–Kier alpha value is -1.88. The zero-order valence-electron chi connectivity index (χ0n) is 10.7. The van der Waals surface area contributed by atoms with Gasteiger partial charge in [-0.15, -0.1) is 0 Å². The number of hydrogen-bond acceptors (Lipinski definition) is 5. The second kappa shape index (κ2) is 5.84. The first-order valence-corrected chi connectivity index (χ1v) is 6.60. The average Bonchev–Trinajstić information content (AvgIpc) is 3.01. The van der Waals surface area contributed by atoms with Crippen LogP contribution in [0.2, 0.25) is 0 Å². The maximum absolute atomic E-state index is 5.76. The number of hydrogen-bond donors (Lipinski definition) is 1. The summed E-state index contributed by atoms with van der Waals surface area (Å²) < 4.78 is 10.8. The number of nitrogens with one attached hydrogen (secondary N) is 1. The molecule has 0 aliphatic carbocycles. The lowest BCUT2D eigenvalue weighted by atomic mass is 10.0. The highest BCUT2D eigenvalue weighted by molar-refractivity contribution is 5.57. The Morgan fingerprint density at radius 3 is 3.21 bits per heavy atom. The molecule has 1 N–H and O–H groups in total. The molecule has 0 aromatic carbocycles. The molecule has 1 aliphatic rings. The zero-order chi connectivity index (χ0) is 12.9. The summed E-state index contributed by atoms with van der Waals surface area (Å²) in [6.45, 7) is 2.85. The Morgan fingerprint density at radius 1 is 1.42 bits per heavy atom. The smallest absolute Gasteiger partial charge is 0.216 e. The summed E-state index contributed by atoms with van der Waals surface area (Å²) in [5.74, 6) is 1.19. The number of rotatable bonds is 4. The van der Waals surface area contributed by atoms with E-state index >= 15 is 0 Å². The molecule has 1 unspecified atom stereocenters. The predicted octanol–water partition coefficient (Wildman–Crippen LogP) is 2.11. The van der Waals surface area contributed by atoms with Crippen molar-refractivity contribution in [1.82, 2.24) is 15.3 Å². The third-order valence-electron chi connectivity index (χ3n) is 3.32. The third-order valence-corrected chi connectivity index (χ3v) is 3.32. The van der Waals surface area contributed by atoms with Crippen molar-refractivity contribution in [3.8, 4) is 17.1 Å². The molecule has 1 fully saturated rings. The summed E-state index contributed by atoms with van der Waals surface area (Å²) in [7, 11) is 0. The number of aromatic nitrogens is 2. The van der Waals surface area contributed by atoms with Gasteiger partial charge in [0.2, 0.25) is 5.88 Å². The minimum absolute atomic E-state index is 0.570. The first kappa shape index (κ1) is 12.2. The van der Waals surface area contributed by atoms with E-state index in [4.69, 9.17) is 9.15 Å². The van der Waals surface area contributed by atoms with Crippen LogP contribution in [0.1, 0.15) is 12.8 Å². The normalized spacial score (nSPS) is 19.3. The molecule has 3 heterocycles. The van der Waals surface area contributed by atoms with Gasteiger partial charge in [0.1, 0.15) is 6.33 Å². The monoisotopic (exact) mass is 259 g/mol. The molecule has 5 heteroatoms. The molecule has 0 saturated carbocycles. The summed E-state index contributed by atoms with van der Waals surface area (Å²) >= 11 is 0. The van der Waals surface area contributed by atoms with Crippen LogP contribution in [-0.2, 0) is 0 Å². The molecule has 0 bridgehead atoms. The summed E-state index contributed by atoms with van der Waals surface area (Å²) in [6.07, 6.45) is 7.25. The molecule has 3 rings (SSSR count). The fourth-order valence-corrected chi connectivity index (χ4v) is 2.26. The largest absolute Gasteiger partial charge is 0.477 e. The molecule has 2 aromatic rings. The molecule has 0 radical (unpaired) electrons. The summed E-state index contributed by atoms with van der Waals surface area (Å²) in [5.41, 5.74) is 1.76. The van der Waals surface area contributed by atoms with Crippen LogP contribution in [0, 0.1) is 5.92 Å². The third kappa shape index (κ3) is 3.12. The molecule has 5 nitrogen and oxygen atoms in total. The molecule has 0 spiro atoms. The maximum Gasteiger partial charge on any atom is 0.216 e. The highest BCUT2D eigenvalue weighted by Crippen LogP contribution is 2.20.